The Hall–Kier alpha value is -4.70. The van der Waals surface area contributed by atoms with Crippen LogP contribution in [0.15, 0.2) is 90.3 Å². The summed E-state index contributed by atoms with van der Waals surface area (Å²) in [6, 6.07) is 20.9. The number of nitrogens with one attached hydrogen (secondary N) is 2. The van der Waals surface area contributed by atoms with Gasteiger partial charge in [-0.1, -0.05) is 30.3 Å². The van der Waals surface area contributed by atoms with Crippen LogP contribution in [0.3, 0.4) is 0 Å². The van der Waals surface area contributed by atoms with Crippen molar-refractivity contribution in [1.82, 2.24) is 15.3 Å². The minimum atomic E-state index is -2.71. The molecular weight excluding hydrogens is 526 g/mol. The molecule has 0 aliphatic carbocycles. The van der Waals surface area contributed by atoms with Crippen LogP contribution < -0.4 is 20.3 Å². The lowest BCUT2D eigenvalue weighted by atomic mass is 9.89. The molecule has 8 nitrogen and oxygen atoms in total. The molecule has 2 aromatic heterocycles. The van der Waals surface area contributed by atoms with Crippen molar-refractivity contribution < 1.29 is 18.3 Å². The van der Waals surface area contributed by atoms with E-state index in [9.17, 15) is 13.6 Å². The molecule has 2 aromatic carbocycles. The molecule has 2 saturated heterocycles. The first-order chi connectivity index (χ1) is 19.9. The van der Waals surface area contributed by atoms with Gasteiger partial charge in [-0.15, -0.1) is 0 Å². The van der Waals surface area contributed by atoms with Crippen molar-refractivity contribution in [2.24, 2.45) is 4.99 Å². The Bertz CT molecular complexity index is 1640. The minimum Gasteiger partial charge on any atom is -0.456 e. The SMILES string of the molecule is O=C(Nc1ccc(N2CCC(F)(F)C2)nc1)C1=NC2CC(N2)c2ccc(-c3cncc(Oc4ccccc4)c3)cc21. The van der Waals surface area contributed by atoms with Crippen LogP contribution in [0.4, 0.5) is 20.3 Å². The van der Waals surface area contributed by atoms with Crippen LogP contribution in [0.2, 0.25) is 0 Å². The number of carbonyl (C=O) groups excluding carboxylic acids is 1. The van der Waals surface area contributed by atoms with Gasteiger partial charge in [0, 0.05) is 42.8 Å². The average Bonchev–Trinajstić information content (AvgIpc) is 3.15. The number of pyridine rings is 2. The Morgan fingerprint density at radius 2 is 1.85 bits per heavy atom. The van der Waals surface area contributed by atoms with Crippen molar-refractivity contribution in [3.05, 3.63) is 96.4 Å². The second kappa shape index (κ2) is 10.0. The number of aromatic nitrogens is 2. The first-order valence-electron chi connectivity index (χ1n) is 13.5. The van der Waals surface area contributed by atoms with E-state index in [-0.39, 0.29) is 37.6 Å². The lowest BCUT2D eigenvalue weighted by Gasteiger charge is -2.33. The van der Waals surface area contributed by atoms with Gasteiger partial charge in [-0.25, -0.2) is 13.8 Å². The first kappa shape index (κ1) is 25.3. The Balaban J connectivity index is 1.14. The van der Waals surface area contributed by atoms with Gasteiger partial charge >= 0.3 is 0 Å². The molecule has 2 fully saturated rings. The lowest BCUT2D eigenvalue weighted by Crippen LogP contribution is -2.43. The number of rotatable bonds is 6. The molecule has 206 valence electrons. The van der Waals surface area contributed by atoms with Gasteiger partial charge in [0.25, 0.3) is 11.8 Å². The minimum absolute atomic E-state index is 0.114. The molecule has 0 saturated carbocycles. The zero-order valence-electron chi connectivity index (χ0n) is 21.9. The normalized spacial score (nSPS) is 20.3. The van der Waals surface area contributed by atoms with E-state index in [0.29, 0.717) is 28.7 Å². The van der Waals surface area contributed by atoms with Crippen molar-refractivity contribution in [1.29, 1.82) is 0 Å². The maximum Gasteiger partial charge on any atom is 0.274 e. The fraction of sp³-hybridized carbons (Fsp3) is 0.226. The molecule has 41 heavy (non-hydrogen) atoms. The molecule has 2 bridgehead atoms. The summed E-state index contributed by atoms with van der Waals surface area (Å²) in [6.45, 7) is -0.109. The second-order valence-electron chi connectivity index (χ2n) is 10.5. The summed E-state index contributed by atoms with van der Waals surface area (Å²) in [5.74, 6) is -1.29. The number of nitrogens with zero attached hydrogens (tertiary/aromatic N) is 4. The van der Waals surface area contributed by atoms with Gasteiger partial charge in [-0.05, 0) is 47.5 Å². The van der Waals surface area contributed by atoms with E-state index in [1.807, 2.05) is 54.6 Å². The number of alkyl halides is 2. The highest BCUT2D eigenvalue weighted by molar-refractivity contribution is 6.49. The van der Waals surface area contributed by atoms with E-state index >= 15 is 0 Å². The molecule has 1 amide bonds. The Labute approximate surface area is 235 Å². The summed E-state index contributed by atoms with van der Waals surface area (Å²) >= 11 is 0. The second-order valence-corrected chi connectivity index (χ2v) is 10.5. The van der Waals surface area contributed by atoms with Crippen molar-refractivity contribution in [2.75, 3.05) is 23.3 Å². The molecule has 6 heterocycles. The van der Waals surface area contributed by atoms with Crippen LogP contribution in [0.1, 0.15) is 30.0 Å². The number of benzene rings is 2. The predicted molar refractivity (Wildman–Crippen MR) is 152 cm³/mol. The van der Waals surface area contributed by atoms with Crippen LogP contribution in [0, 0.1) is 0 Å². The number of hydrogen-bond donors (Lipinski definition) is 2. The number of amides is 1. The van der Waals surface area contributed by atoms with Gasteiger partial charge in [-0.3, -0.25) is 20.1 Å². The smallest absolute Gasteiger partial charge is 0.274 e. The number of aliphatic imine (C=N–C) groups is 1. The molecular formula is C31H26F2N6O2. The van der Waals surface area contributed by atoms with E-state index in [4.69, 9.17) is 9.73 Å². The average molecular weight is 553 g/mol. The lowest BCUT2D eigenvalue weighted by molar-refractivity contribution is -0.110. The summed E-state index contributed by atoms with van der Waals surface area (Å²) in [7, 11) is 0. The topological polar surface area (TPSA) is 91.7 Å². The molecule has 0 spiro atoms. The highest BCUT2D eigenvalue weighted by atomic mass is 19.3. The summed E-state index contributed by atoms with van der Waals surface area (Å²) in [4.78, 5) is 28.5. The molecule has 0 radical (unpaired) electrons. The van der Waals surface area contributed by atoms with E-state index in [1.165, 1.54) is 6.20 Å². The molecule has 2 unspecified atom stereocenters. The molecule has 8 rings (SSSR count). The Morgan fingerprint density at radius 3 is 2.61 bits per heavy atom. The van der Waals surface area contributed by atoms with Crippen molar-refractivity contribution >= 4 is 23.1 Å². The van der Waals surface area contributed by atoms with Gasteiger partial charge in [0.05, 0.1) is 24.6 Å². The number of para-hydroxylation sites is 1. The van der Waals surface area contributed by atoms with Crippen LogP contribution in [0.25, 0.3) is 11.1 Å². The van der Waals surface area contributed by atoms with E-state index in [1.54, 1.807) is 29.4 Å². The van der Waals surface area contributed by atoms with Gasteiger partial charge in [-0.2, -0.15) is 0 Å². The third-order valence-electron chi connectivity index (χ3n) is 7.56. The van der Waals surface area contributed by atoms with Crippen LogP contribution in [-0.4, -0.2) is 46.8 Å². The first-order valence-corrected chi connectivity index (χ1v) is 13.5. The maximum absolute atomic E-state index is 13.6. The number of hydrogen-bond acceptors (Lipinski definition) is 7. The molecule has 2 atom stereocenters. The van der Waals surface area contributed by atoms with Gasteiger partial charge < -0.3 is 15.0 Å². The fourth-order valence-electron chi connectivity index (χ4n) is 5.41. The van der Waals surface area contributed by atoms with Crippen molar-refractivity contribution in [3.8, 4) is 22.6 Å². The summed E-state index contributed by atoms with van der Waals surface area (Å²) in [6.07, 6.45) is 5.38. The van der Waals surface area contributed by atoms with Crippen LogP contribution in [-0.2, 0) is 4.79 Å². The molecule has 4 aromatic rings. The monoisotopic (exact) mass is 552 g/mol. The summed E-state index contributed by atoms with van der Waals surface area (Å²) < 4.78 is 33.2. The Morgan fingerprint density at radius 1 is 1.00 bits per heavy atom. The van der Waals surface area contributed by atoms with Crippen molar-refractivity contribution in [2.45, 2.75) is 31.0 Å². The van der Waals surface area contributed by atoms with E-state index in [2.05, 4.69) is 20.6 Å². The van der Waals surface area contributed by atoms with Crippen molar-refractivity contribution in [3.63, 3.8) is 0 Å². The third-order valence-corrected chi connectivity index (χ3v) is 7.56. The van der Waals surface area contributed by atoms with Crippen LogP contribution >= 0.6 is 0 Å². The molecule has 2 N–H and O–H groups in total. The van der Waals surface area contributed by atoms with Gasteiger partial charge in [0.2, 0.25) is 0 Å². The zero-order chi connectivity index (χ0) is 28.0. The molecule has 10 heteroatoms. The summed E-state index contributed by atoms with van der Waals surface area (Å²) in [5, 5.41) is 6.30. The zero-order valence-corrected chi connectivity index (χ0v) is 21.9. The third kappa shape index (κ3) is 5.14. The molecule has 4 aliphatic heterocycles. The number of ether oxygens (including phenoxy) is 1. The van der Waals surface area contributed by atoms with Gasteiger partial charge in [0.15, 0.2) is 0 Å². The van der Waals surface area contributed by atoms with E-state index in [0.717, 1.165) is 28.7 Å². The quantitative estimate of drug-likeness (QED) is 0.324. The van der Waals surface area contributed by atoms with E-state index < -0.39 is 5.92 Å². The number of halogens is 2. The van der Waals surface area contributed by atoms with Gasteiger partial charge in [0.1, 0.15) is 29.2 Å². The number of carbonyl (C=O) groups is 1. The fourth-order valence-corrected chi connectivity index (χ4v) is 5.41. The predicted octanol–water partition coefficient (Wildman–Crippen LogP) is 5.58. The largest absolute Gasteiger partial charge is 0.456 e. The summed E-state index contributed by atoms with van der Waals surface area (Å²) in [5.41, 5.74) is 4.26. The molecule has 4 aliphatic rings. The Kier molecular flexibility index (Phi) is 6.19. The maximum atomic E-state index is 13.6. The highest BCUT2D eigenvalue weighted by Crippen LogP contribution is 2.37. The van der Waals surface area contributed by atoms with Crippen LogP contribution in [0.5, 0.6) is 11.5 Å². The number of anilines is 2. The standard InChI is InChI=1S/C31H26F2N6O2/c32-31(33)10-11-39(18-31)28-9-7-21(16-35-28)36-30(40)29-25-13-19(6-8-24(25)26-14-27(37-26)38-29)20-12-23(17-34-15-20)41-22-4-2-1-3-5-22/h1-9,12-13,15-17,26-27,37H,10-11,14,18H2,(H,36,40). The highest BCUT2D eigenvalue weighted by Gasteiger charge is 2.39.